The number of hydrogen-bond acceptors (Lipinski definition) is 3. The van der Waals surface area contributed by atoms with E-state index in [2.05, 4.69) is 10.4 Å². The summed E-state index contributed by atoms with van der Waals surface area (Å²) in [7, 11) is 0. The Hall–Kier alpha value is -1.85. The lowest BCUT2D eigenvalue weighted by molar-refractivity contribution is -0.120. The molecule has 3 N–H and O–H groups in total. The molecule has 1 atom stereocenters. The van der Waals surface area contributed by atoms with Gasteiger partial charge in [0.05, 0.1) is 0 Å². The van der Waals surface area contributed by atoms with E-state index in [0.29, 0.717) is 12.1 Å². The van der Waals surface area contributed by atoms with Crippen molar-refractivity contribution in [2.24, 2.45) is 5.73 Å². The summed E-state index contributed by atoms with van der Waals surface area (Å²) in [6.07, 6.45) is 3.93. The zero-order valence-electron chi connectivity index (χ0n) is 11.7. The standard InChI is InChI=1S/C13H22N4O2/c1-4-5-6-10(12(14)18)16-13(19)11-7-8-15-17(11)9(2)3/h7-10H,4-6H2,1-3H3,(H2,14,18)(H,16,19). The molecule has 0 aliphatic rings. The Kier molecular flexibility index (Phi) is 5.54. The van der Waals surface area contributed by atoms with Crippen molar-refractivity contribution in [3.63, 3.8) is 0 Å². The summed E-state index contributed by atoms with van der Waals surface area (Å²) in [5.41, 5.74) is 5.74. The molecule has 0 bridgehead atoms. The molecule has 0 aliphatic heterocycles. The third-order valence-corrected chi connectivity index (χ3v) is 2.89. The van der Waals surface area contributed by atoms with Crippen molar-refractivity contribution >= 4 is 11.8 Å². The lowest BCUT2D eigenvalue weighted by Crippen LogP contribution is -2.45. The number of nitrogens with two attached hydrogens (primary N) is 1. The van der Waals surface area contributed by atoms with Gasteiger partial charge in [0.2, 0.25) is 5.91 Å². The van der Waals surface area contributed by atoms with E-state index in [1.165, 1.54) is 0 Å². The Morgan fingerprint density at radius 3 is 2.68 bits per heavy atom. The van der Waals surface area contributed by atoms with Crippen LogP contribution in [0.3, 0.4) is 0 Å². The van der Waals surface area contributed by atoms with Crippen LogP contribution < -0.4 is 11.1 Å². The highest BCUT2D eigenvalue weighted by Gasteiger charge is 2.21. The van der Waals surface area contributed by atoms with Crippen molar-refractivity contribution in [3.8, 4) is 0 Å². The Morgan fingerprint density at radius 2 is 2.16 bits per heavy atom. The molecule has 0 saturated heterocycles. The van der Waals surface area contributed by atoms with Gasteiger partial charge in [-0.05, 0) is 26.3 Å². The summed E-state index contributed by atoms with van der Waals surface area (Å²) in [6, 6.07) is 1.09. The lowest BCUT2D eigenvalue weighted by Gasteiger charge is -2.16. The number of rotatable bonds is 7. The number of unbranched alkanes of at least 4 members (excludes halogenated alkanes) is 1. The molecule has 6 heteroatoms. The molecular formula is C13H22N4O2. The number of amides is 2. The molecule has 0 saturated carbocycles. The number of nitrogens with zero attached hydrogens (tertiary/aromatic N) is 2. The van der Waals surface area contributed by atoms with Crippen molar-refractivity contribution in [1.82, 2.24) is 15.1 Å². The van der Waals surface area contributed by atoms with Crippen LogP contribution in [0.1, 0.15) is 56.6 Å². The average molecular weight is 266 g/mol. The van der Waals surface area contributed by atoms with Crippen LogP contribution in [0.15, 0.2) is 12.3 Å². The van der Waals surface area contributed by atoms with Crippen molar-refractivity contribution in [2.75, 3.05) is 0 Å². The maximum Gasteiger partial charge on any atom is 0.270 e. The molecule has 0 aromatic carbocycles. The number of aromatic nitrogens is 2. The highest BCUT2D eigenvalue weighted by molar-refractivity contribution is 5.96. The molecule has 1 unspecified atom stereocenters. The van der Waals surface area contributed by atoms with Gasteiger partial charge in [-0.3, -0.25) is 14.3 Å². The average Bonchev–Trinajstić information content (AvgIpc) is 2.83. The van der Waals surface area contributed by atoms with Crippen LogP contribution in [0, 0.1) is 0 Å². The smallest absolute Gasteiger partial charge is 0.270 e. The van der Waals surface area contributed by atoms with Crippen LogP contribution >= 0.6 is 0 Å². The number of carbonyl (C=O) groups is 2. The first-order valence-corrected chi connectivity index (χ1v) is 6.61. The first-order chi connectivity index (χ1) is 8.97. The minimum absolute atomic E-state index is 0.0819. The Labute approximate surface area is 113 Å². The summed E-state index contributed by atoms with van der Waals surface area (Å²) < 4.78 is 1.62. The van der Waals surface area contributed by atoms with E-state index in [9.17, 15) is 9.59 Å². The van der Waals surface area contributed by atoms with E-state index in [4.69, 9.17) is 5.73 Å². The van der Waals surface area contributed by atoms with Crippen LogP contribution in [0.4, 0.5) is 0 Å². The topological polar surface area (TPSA) is 90.0 Å². The number of hydrogen-bond donors (Lipinski definition) is 2. The predicted octanol–water partition coefficient (Wildman–Crippen LogP) is 1.24. The van der Waals surface area contributed by atoms with E-state index in [-0.39, 0.29) is 11.9 Å². The van der Waals surface area contributed by atoms with E-state index in [1.807, 2.05) is 20.8 Å². The summed E-state index contributed by atoms with van der Waals surface area (Å²) in [6.45, 7) is 5.90. The quantitative estimate of drug-likeness (QED) is 0.778. The van der Waals surface area contributed by atoms with E-state index >= 15 is 0 Å². The van der Waals surface area contributed by atoms with Gasteiger partial charge in [0, 0.05) is 12.2 Å². The van der Waals surface area contributed by atoms with Crippen molar-refractivity contribution in [1.29, 1.82) is 0 Å². The van der Waals surface area contributed by atoms with Crippen LogP contribution in [0.25, 0.3) is 0 Å². The van der Waals surface area contributed by atoms with Gasteiger partial charge in [-0.2, -0.15) is 5.10 Å². The first-order valence-electron chi connectivity index (χ1n) is 6.61. The Morgan fingerprint density at radius 1 is 1.47 bits per heavy atom. The normalized spacial score (nSPS) is 12.4. The van der Waals surface area contributed by atoms with Crippen LogP contribution in [-0.4, -0.2) is 27.6 Å². The SMILES string of the molecule is CCCCC(NC(=O)c1ccnn1C(C)C)C(N)=O. The first kappa shape index (κ1) is 15.2. The molecule has 0 spiro atoms. The molecule has 19 heavy (non-hydrogen) atoms. The van der Waals surface area contributed by atoms with Gasteiger partial charge < -0.3 is 11.1 Å². The zero-order chi connectivity index (χ0) is 14.4. The minimum atomic E-state index is -0.622. The molecule has 1 heterocycles. The largest absolute Gasteiger partial charge is 0.368 e. The van der Waals surface area contributed by atoms with Gasteiger partial charge in [-0.1, -0.05) is 19.8 Å². The summed E-state index contributed by atoms with van der Waals surface area (Å²) in [5.74, 6) is -0.816. The van der Waals surface area contributed by atoms with E-state index in [1.54, 1.807) is 16.9 Å². The fraction of sp³-hybridized carbons (Fsp3) is 0.615. The van der Waals surface area contributed by atoms with Gasteiger partial charge in [-0.25, -0.2) is 0 Å². The highest BCUT2D eigenvalue weighted by atomic mass is 16.2. The summed E-state index contributed by atoms with van der Waals surface area (Å²) in [4.78, 5) is 23.4. The molecular weight excluding hydrogens is 244 g/mol. The second kappa shape index (κ2) is 6.92. The minimum Gasteiger partial charge on any atom is -0.368 e. The maximum absolute atomic E-state index is 12.1. The van der Waals surface area contributed by atoms with Crippen molar-refractivity contribution < 1.29 is 9.59 Å². The maximum atomic E-state index is 12.1. The molecule has 0 aliphatic carbocycles. The zero-order valence-corrected chi connectivity index (χ0v) is 11.7. The van der Waals surface area contributed by atoms with E-state index < -0.39 is 11.9 Å². The fourth-order valence-corrected chi connectivity index (χ4v) is 1.83. The molecule has 106 valence electrons. The Bertz CT molecular complexity index is 440. The molecule has 2 amide bonds. The third-order valence-electron chi connectivity index (χ3n) is 2.89. The van der Waals surface area contributed by atoms with Crippen LogP contribution in [-0.2, 0) is 4.79 Å². The van der Waals surface area contributed by atoms with E-state index in [0.717, 1.165) is 12.8 Å². The monoisotopic (exact) mass is 266 g/mol. The highest BCUT2D eigenvalue weighted by Crippen LogP contribution is 2.09. The molecule has 0 radical (unpaired) electrons. The number of primary amides is 1. The lowest BCUT2D eigenvalue weighted by atomic mass is 10.1. The molecule has 1 aromatic rings. The van der Waals surface area contributed by atoms with Gasteiger partial charge in [0.15, 0.2) is 0 Å². The fourth-order valence-electron chi connectivity index (χ4n) is 1.83. The second-order valence-corrected chi connectivity index (χ2v) is 4.83. The third kappa shape index (κ3) is 4.08. The number of nitrogens with one attached hydrogen (secondary N) is 1. The molecule has 0 fully saturated rings. The van der Waals surface area contributed by atoms with Gasteiger partial charge in [0.25, 0.3) is 5.91 Å². The van der Waals surface area contributed by atoms with Gasteiger partial charge in [-0.15, -0.1) is 0 Å². The molecule has 1 rings (SSSR count). The second-order valence-electron chi connectivity index (χ2n) is 4.83. The van der Waals surface area contributed by atoms with Crippen LogP contribution in [0.5, 0.6) is 0 Å². The van der Waals surface area contributed by atoms with Crippen molar-refractivity contribution in [3.05, 3.63) is 18.0 Å². The summed E-state index contributed by atoms with van der Waals surface area (Å²) in [5, 5.41) is 6.77. The van der Waals surface area contributed by atoms with Crippen molar-refractivity contribution in [2.45, 2.75) is 52.1 Å². The Balaban J connectivity index is 2.76. The predicted molar refractivity (Wildman–Crippen MR) is 72.6 cm³/mol. The molecule has 1 aromatic heterocycles. The van der Waals surface area contributed by atoms with Gasteiger partial charge >= 0.3 is 0 Å². The molecule has 6 nitrogen and oxygen atoms in total. The summed E-state index contributed by atoms with van der Waals surface area (Å²) >= 11 is 0. The van der Waals surface area contributed by atoms with Gasteiger partial charge in [0.1, 0.15) is 11.7 Å². The van der Waals surface area contributed by atoms with Crippen LogP contribution in [0.2, 0.25) is 0 Å². The number of carbonyl (C=O) groups excluding carboxylic acids is 2.